The maximum Gasteiger partial charge on any atom is 0.306 e. The minimum atomic E-state index is -0.802. The number of carbonyl (C=O) groups is 2. The van der Waals surface area contributed by atoms with Crippen LogP contribution in [0.4, 0.5) is 0 Å². The van der Waals surface area contributed by atoms with E-state index in [-0.39, 0.29) is 24.9 Å². The quantitative estimate of drug-likeness (QED) is 0.0331. The molecule has 0 saturated heterocycles. The van der Waals surface area contributed by atoms with Gasteiger partial charge in [-0.15, -0.1) is 0 Å². The molecule has 3 N–H and O–H groups in total. The minimum Gasteiger partial charge on any atom is -0.462 e. The third kappa shape index (κ3) is 36.3. The van der Waals surface area contributed by atoms with Gasteiger partial charge >= 0.3 is 5.97 Å². The van der Waals surface area contributed by atoms with Crippen LogP contribution >= 0.6 is 0 Å². The van der Waals surface area contributed by atoms with Gasteiger partial charge in [-0.3, -0.25) is 9.59 Å². The highest BCUT2D eigenvalue weighted by Crippen LogP contribution is 2.16. The lowest BCUT2D eigenvalue weighted by atomic mass is 10.0. The van der Waals surface area contributed by atoms with Crippen LogP contribution in [0.2, 0.25) is 0 Å². The van der Waals surface area contributed by atoms with Crippen LogP contribution in [0.3, 0.4) is 0 Å². The van der Waals surface area contributed by atoms with Gasteiger partial charge in [-0.05, 0) is 89.9 Å². The molecule has 0 aliphatic rings. The monoisotopic (exact) mass is 754 g/mol. The number of unbranched alkanes of at least 4 members (excludes halogenated alkanes) is 14. The molecule has 310 valence electrons. The fraction of sp³-hybridized carbons (Fsp3) is 0.708. The van der Waals surface area contributed by atoms with Crippen molar-refractivity contribution in [1.29, 1.82) is 0 Å². The molecule has 0 heterocycles. The highest BCUT2D eigenvalue weighted by atomic mass is 16.5. The van der Waals surface area contributed by atoms with E-state index in [9.17, 15) is 19.8 Å². The van der Waals surface area contributed by atoms with Crippen molar-refractivity contribution in [3.05, 3.63) is 72.9 Å². The molecule has 1 amide bonds. The molecule has 0 aromatic carbocycles. The maximum atomic E-state index is 13.1. The van der Waals surface area contributed by atoms with Crippen molar-refractivity contribution in [2.75, 3.05) is 6.61 Å². The second kappa shape index (κ2) is 41.5. The Balaban J connectivity index is 4.71. The lowest BCUT2D eigenvalue weighted by Gasteiger charge is -2.24. The van der Waals surface area contributed by atoms with E-state index < -0.39 is 18.2 Å². The van der Waals surface area contributed by atoms with E-state index in [1.165, 1.54) is 38.5 Å². The first-order valence-electron chi connectivity index (χ1n) is 22.2. The summed E-state index contributed by atoms with van der Waals surface area (Å²) in [6.45, 7) is 6.19. The fourth-order valence-electron chi connectivity index (χ4n) is 6.22. The number of amides is 1. The van der Waals surface area contributed by atoms with Crippen molar-refractivity contribution in [3.8, 4) is 0 Å². The Morgan fingerprint density at radius 3 is 1.54 bits per heavy atom. The summed E-state index contributed by atoms with van der Waals surface area (Å²) in [4.78, 5) is 25.9. The van der Waals surface area contributed by atoms with Crippen molar-refractivity contribution < 1.29 is 24.5 Å². The average Bonchev–Trinajstić information content (AvgIpc) is 3.16. The van der Waals surface area contributed by atoms with Gasteiger partial charge in [0.2, 0.25) is 5.91 Å². The average molecular weight is 754 g/mol. The van der Waals surface area contributed by atoms with E-state index in [1.807, 2.05) is 0 Å². The third-order valence-electron chi connectivity index (χ3n) is 9.53. The minimum absolute atomic E-state index is 0.0388. The summed E-state index contributed by atoms with van der Waals surface area (Å²) in [5.41, 5.74) is 0. The van der Waals surface area contributed by atoms with Crippen molar-refractivity contribution in [2.24, 2.45) is 0 Å². The summed E-state index contributed by atoms with van der Waals surface area (Å²) in [6, 6.07) is -0.718. The molecule has 0 radical (unpaired) electrons. The van der Waals surface area contributed by atoms with Gasteiger partial charge in [0.25, 0.3) is 0 Å². The van der Waals surface area contributed by atoms with Crippen LogP contribution in [0.5, 0.6) is 0 Å². The Morgan fingerprint density at radius 2 is 1.00 bits per heavy atom. The number of nitrogens with one attached hydrogen (secondary N) is 1. The number of hydrogen-bond donors (Lipinski definition) is 3. The molecule has 6 heteroatoms. The van der Waals surface area contributed by atoms with Gasteiger partial charge in [0, 0.05) is 6.42 Å². The van der Waals surface area contributed by atoms with Gasteiger partial charge in [-0.1, -0.05) is 164 Å². The summed E-state index contributed by atoms with van der Waals surface area (Å²) in [5, 5.41) is 23.5. The number of ether oxygens (including phenoxy) is 1. The Kier molecular flexibility index (Phi) is 39.4. The molecule has 0 aliphatic heterocycles. The van der Waals surface area contributed by atoms with Gasteiger partial charge in [0.1, 0.15) is 6.10 Å². The Hall–Kier alpha value is -2.70. The Morgan fingerprint density at radius 1 is 0.556 bits per heavy atom. The summed E-state index contributed by atoms with van der Waals surface area (Å²) >= 11 is 0. The van der Waals surface area contributed by atoms with Gasteiger partial charge in [-0.25, -0.2) is 0 Å². The topological polar surface area (TPSA) is 95.9 Å². The van der Waals surface area contributed by atoms with Crippen LogP contribution < -0.4 is 5.32 Å². The first-order chi connectivity index (χ1) is 26.5. The van der Waals surface area contributed by atoms with Crippen molar-refractivity contribution in [2.45, 2.75) is 212 Å². The Labute approximate surface area is 332 Å². The van der Waals surface area contributed by atoms with Crippen LogP contribution in [0.1, 0.15) is 194 Å². The maximum absolute atomic E-state index is 13.1. The predicted molar refractivity (Wildman–Crippen MR) is 231 cm³/mol. The molecular weight excluding hydrogens is 671 g/mol. The van der Waals surface area contributed by atoms with Crippen molar-refractivity contribution in [3.63, 3.8) is 0 Å². The predicted octanol–water partition coefficient (Wildman–Crippen LogP) is 12.7. The highest BCUT2D eigenvalue weighted by molar-refractivity contribution is 5.77. The molecule has 0 aromatic rings. The molecule has 0 bridgehead atoms. The van der Waals surface area contributed by atoms with E-state index in [4.69, 9.17) is 4.74 Å². The lowest BCUT2D eigenvalue weighted by Crippen LogP contribution is -2.46. The summed E-state index contributed by atoms with van der Waals surface area (Å²) in [6.07, 6.45) is 51.1. The van der Waals surface area contributed by atoms with E-state index in [0.29, 0.717) is 19.3 Å². The normalized spacial score (nSPS) is 14.1. The van der Waals surface area contributed by atoms with Crippen LogP contribution in [-0.4, -0.2) is 46.9 Å². The molecule has 0 fully saturated rings. The van der Waals surface area contributed by atoms with Crippen molar-refractivity contribution >= 4 is 11.9 Å². The Bertz CT molecular complexity index is 1030. The summed E-state index contributed by atoms with van der Waals surface area (Å²) < 4.78 is 5.86. The standard InChI is InChI=1S/C48H83NO5/c1-4-7-10-13-16-19-21-23-24-26-29-32-35-38-41-48(53)54-44(39-36-33-30-28-25-22-20-17-14-11-8-5-2)42-47(52)49-45(43-50)46(51)40-37-34-31-27-18-15-12-9-6-3/h7-8,10-11,16-17,19-20,23-25,28,44-46,50-51H,4-6,9,12-15,18,21-22,26-27,29-43H2,1-3H3,(H,49,52)/b10-7+,11-8+,19-16+,20-17+,24-23+,28-25+. The first kappa shape index (κ1) is 51.3. The lowest BCUT2D eigenvalue weighted by molar-refractivity contribution is -0.151. The van der Waals surface area contributed by atoms with Crippen LogP contribution in [0, 0.1) is 0 Å². The molecule has 3 unspecified atom stereocenters. The van der Waals surface area contributed by atoms with E-state index in [1.54, 1.807) is 0 Å². The van der Waals surface area contributed by atoms with Gasteiger partial charge < -0.3 is 20.3 Å². The fourth-order valence-corrected chi connectivity index (χ4v) is 6.22. The number of hydrogen-bond acceptors (Lipinski definition) is 5. The second-order valence-corrected chi connectivity index (χ2v) is 14.7. The SMILES string of the molecule is CC/C=C/C/C=C/C/C=C/CCCCCCC(=O)OC(CCCC/C=C/C/C=C/C/C=C/CC)CC(=O)NC(CO)C(O)CCCCCCCCCCC. The second-order valence-electron chi connectivity index (χ2n) is 14.7. The zero-order valence-electron chi connectivity index (χ0n) is 35.1. The van der Waals surface area contributed by atoms with Crippen LogP contribution in [0.25, 0.3) is 0 Å². The van der Waals surface area contributed by atoms with Crippen LogP contribution in [0.15, 0.2) is 72.9 Å². The summed E-state index contributed by atoms with van der Waals surface area (Å²) in [7, 11) is 0. The van der Waals surface area contributed by atoms with Gasteiger partial charge in [-0.2, -0.15) is 0 Å². The molecule has 0 aliphatic carbocycles. The van der Waals surface area contributed by atoms with E-state index in [2.05, 4.69) is 99.0 Å². The number of aliphatic hydroxyl groups excluding tert-OH is 2. The molecule has 54 heavy (non-hydrogen) atoms. The van der Waals surface area contributed by atoms with Crippen LogP contribution in [-0.2, 0) is 14.3 Å². The van der Waals surface area contributed by atoms with E-state index >= 15 is 0 Å². The molecular formula is C48H83NO5. The largest absolute Gasteiger partial charge is 0.462 e. The zero-order chi connectivity index (χ0) is 39.6. The number of allylic oxidation sites excluding steroid dienone is 12. The number of carbonyl (C=O) groups excluding carboxylic acids is 2. The smallest absolute Gasteiger partial charge is 0.306 e. The number of esters is 1. The number of aliphatic hydroxyl groups is 2. The highest BCUT2D eigenvalue weighted by Gasteiger charge is 2.24. The first-order valence-corrected chi connectivity index (χ1v) is 22.2. The van der Waals surface area contributed by atoms with Gasteiger partial charge in [0.15, 0.2) is 0 Å². The van der Waals surface area contributed by atoms with Gasteiger partial charge in [0.05, 0.1) is 25.2 Å². The number of rotatable bonds is 38. The zero-order valence-corrected chi connectivity index (χ0v) is 35.1. The molecule has 0 saturated carbocycles. The molecule has 6 nitrogen and oxygen atoms in total. The van der Waals surface area contributed by atoms with Crippen molar-refractivity contribution in [1.82, 2.24) is 5.32 Å². The summed E-state index contributed by atoms with van der Waals surface area (Å²) in [5.74, 6) is -0.548. The van der Waals surface area contributed by atoms with E-state index in [0.717, 1.165) is 109 Å². The molecule has 0 rings (SSSR count). The molecule has 3 atom stereocenters. The molecule has 0 spiro atoms. The molecule has 0 aromatic heterocycles. The third-order valence-corrected chi connectivity index (χ3v) is 9.53.